The molecule has 0 fully saturated rings. The molecule has 2 aromatic rings. The first-order valence-electron chi connectivity index (χ1n) is 10.8. The molecule has 0 spiro atoms. The first-order valence-corrected chi connectivity index (χ1v) is 12.1. The Bertz CT molecular complexity index is 960. The second kappa shape index (κ2) is 13.6. The molecule has 0 radical (unpaired) electrons. The minimum absolute atomic E-state index is 0.000579. The van der Waals surface area contributed by atoms with E-state index in [1.165, 1.54) is 18.3 Å². The van der Waals surface area contributed by atoms with Crippen LogP contribution in [0.15, 0.2) is 35.4 Å². The van der Waals surface area contributed by atoms with Crippen LogP contribution in [-0.2, 0) is 32.0 Å². The number of hydrogen-bond donors (Lipinski definition) is 3. The lowest BCUT2D eigenvalue weighted by Crippen LogP contribution is -2.56. The Morgan fingerprint density at radius 1 is 1.12 bits per heavy atom. The number of carbonyl (C=O) groups is 4. The van der Waals surface area contributed by atoms with Crippen LogP contribution in [0.2, 0.25) is 0 Å². The highest BCUT2D eigenvalue weighted by atomic mass is 35.5. The van der Waals surface area contributed by atoms with Crippen LogP contribution < -0.4 is 10.6 Å². The predicted octanol–water partition coefficient (Wildman–Crippen LogP) is 1.94. The fraction of sp³-hybridized carbons (Fsp3) is 0.455. The van der Waals surface area contributed by atoms with Crippen molar-refractivity contribution in [3.63, 3.8) is 0 Å². The average Bonchev–Trinajstić information content (AvgIpc) is 3.32. The lowest BCUT2D eigenvalue weighted by molar-refractivity contribution is -0.142. The Morgan fingerprint density at radius 2 is 1.79 bits per heavy atom. The van der Waals surface area contributed by atoms with Crippen LogP contribution in [-0.4, -0.2) is 61.3 Å². The Kier molecular flexibility index (Phi) is 10.9. The molecule has 3 amide bonds. The first-order chi connectivity index (χ1) is 16.2. The first kappa shape index (κ1) is 27.2. The third-order valence-electron chi connectivity index (χ3n) is 5.04. The molecule has 0 bridgehead atoms. The number of carboxylic acid groups (broad SMARTS) is 1. The number of carboxylic acids is 1. The molecule has 0 aliphatic carbocycles. The Balaban J connectivity index is 2.23. The van der Waals surface area contributed by atoms with E-state index in [-0.39, 0.29) is 12.8 Å². The number of thiazole rings is 1. The molecule has 12 heteroatoms. The van der Waals surface area contributed by atoms with Gasteiger partial charge >= 0.3 is 5.97 Å². The van der Waals surface area contributed by atoms with Gasteiger partial charge in [0.15, 0.2) is 0 Å². The zero-order valence-corrected chi connectivity index (χ0v) is 20.5. The summed E-state index contributed by atoms with van der Waals surface area (Å²) in [5.74, 6) is -2.99. The molecule has 0 saturated carbocycles. The van der Waals surface area contributed by atoms with Crippen molar-refractivity contribution in [2.75, 3.05) is 0 Å². The molecule has 10 nitrogen and oxygen atoms in total. The number of amides is 3. The van der Waals surface area contributed by atoms with Gasteiger partial charge in [-0.1, -0.05) is 19.8 Å². The van der Waals surface area contributed by atoms with Gasteiger partial charge in [0.25, 0.3) is 0 Å². The molecule has 2 rings (SSSR count). The van der Waals surface area contributed by atoms with E-state index in [0.29, 0.717) is 24.1 Å². The number of rotatable bonds is 13. The summed E-state index contributed by atoms with van der Waals surface area (Å²) in [5, 5.41) is 16.5. The van der Waals surface area contributed by atoms with Gasteiger partial charge in [-0.15, -0.1) is 11.3 Å². The monoisotopic (exact) mass is 509 g/mol. The summed E-state index contributed by atoms with van der Waals surface area (Å²) in [6.45, 7) is 3.19. The highest BCUT2D eigenvalue weighted by Gasteiger charge is 2.32. The largest absolute Gasteiger partial charge is 0.480 e. The molecule has 2 aromatic heterocycles. The maximum Gasteiger partial charge on any atom is 0.326 e. The van der Waals surface area contributed by atoms with E-state index in [1.807, 2.05) is 6.92 Å². The molecule has 184 valence electrons. The summed E-state index contributed by atoms with van der Waals surface area (Å²) in [7, 11) is 0. The lowest BCUT2D eigenvalue weighted by atomic mass is 10.0. The second-order valence-corrected chi connectivity index (χ2v) is 8.78. The van der Waals surface area contributed by atoms with Crippen molar-refractivity contribution in [3.05, 3.63) is 46.7 Å². The number of aliphatic carboxylic acids is 1. The second-order valence-electron chi connectivity index (χ2n) is 7.69. The summed E-state index contributed by atoms with van der Waals surface area (Å²) in [6, 6.07) is 0.0671. The number of nitrogens with zero attached hydrogens (tertiary/aromatic N) is 3. The standard InChI is InChI=1S/C22H28ClN5O5S/c1-3-4-5-19(28(23)14(2)29)21(31)26-17(10-15-6-8-24-9-7-15)20(30)27-18(22(32)33)11-16-12-34-13-25-16/h6-9,12-13,17-19H,3-5,10-11H2,1-2H3,(H,26,31)(H,27,30)(H,32,33)/t17-,18-,19-/m0/s1. The van der Waals surface area contributed by atoms with Gasteiger partial charge in [-0.05, 0) is 24.1 Å². The van der Waals surface area contributed by atoms with Gasteiger partial charge in [0.1, 0.15) is 18.1 Å². The van der Waals surface area contributed by atoms with Crippen LogP contribution in [0.4, 0.5) is 0 Å². The maximum absolute atomic E-state index is 13.1. The highest BCUT2D eigenvalue weighted by molar-refractivity contribution is 7.07. The summed E-state index contributed by atoms with van der Waals surface area (Å²) in [6.07, 6.45) is 4.93. The lowest BCUT2D eigenvalue weighted by Gasteiger charge is -2.27. The van der Waals surface area contributed by atoms with E-state index in [0.717, 1.165) is 10.8 Å². The Labute approximate surface area is 206 Å². The number of pyridine rings is 1. The molecule has 3 atom stereocenters. The van der Waals surface area contributed by atoms with Crippen molar-refractivity contribution in [1.29, 1.82) is 0 Å². The van der Waals surface area contributed by atoms with Crippen molar-refractivity contribution < 1.29 is 24.3 Å². The maximum atomic E-state index is 13.1. The number of carbonyl (C=O) groups excluding carboxylic acids is 3. The van der Waals surface area contributed by atoms with E-state index < -0.39 is 41.8 Å². The molecule has 0 saturated heterocycles. The van der Waals surface area contributed by atoms with E-state index in [4.69, 9.17) is 11.8 Å². The third kappa shape index (κ3) is 8.38. The van der Waals surface area contributed by atoms with Crippen molar-refractivity contribution in [3.8, 4) is 0 Å². The molecule has 0 aromatic carbocycles. The zero-order chi connectivity index (χ0) is 25.1. The predicted molar refractivity (Wildman–Crippen MR) is 127 cm³/mol. The number of nitrogens with one attached hydrogen (secondary N) is 2. The number of halogens is 1. The summed E-state index contributed by atoms with van der Waals surface area (Å²) < 4.78 is 0.828. The SMILES string of the molecule is CCCC[C@@H](C(=O)N[C@@H](Cc1ccncc1)C(=O)N[C@@H](Cc1cscn1)C(=O)O)N(Cl)C(C)=O. The molecular weight excluding hydrogens is 482 g/mol. The van der Waals surface area contributed by atoms with Crippen molar-refractivity contribution in [1.82, 2.24) is 25.0 Å². The molecule has 0 unspecified atom stereocenters. The normalized spacial score (nSPS) is 13.4. The highest BCUT2D eigenvalue weighted by Crippen LogP contribution is 2.14. The molecule has 3 N–H and O–H groups in total. The van der Waals surface area contributed by atoms with Crippen molar-refractivity contribution in [2.45, 2.75) is 64.1 Å². The Morgan fingerprint density at radius 3 is 2.35 bits per heavy atom. The van der Waals surface area contributed by atoms with Gasteiger partial charge in [0, 0.05) is 49.3 Å². The third-order valence-corrected chi connectivity index (χ3v) is 6.15. The quantitative estimate of drug-likeness (QED) is 0.350. The molecular formula is C22H28ClN5O5S. The van der Waals surface area contributed by atoms with Crippen molar-refractivity contribution in [2.24, 2.45) is 0 Å². The van der Waals surface area contributed by atoms with Crippen molar-refractivity contribution >= 4 is 46.8 Å². The van der Waals surface area contributed by atoms with E-state index >= 15 is 0 Å². The zero-order valence-electron chi connectivity index (χ0n) is 18.9. The van der Waals surface area contributed by atoms with Gasteiger partial charge in [-0.3, -0.25) is 19.4 Å². The topological polar surface area (TPSA) is 142 Å². The van der Waals surface area contributed by atoms with Crippen LogP contribution in [0.25, 0.3) is 0 Å². The van der Waals surface area contributed by atoms with Gasteiger partial charge in [-0.25, -0.2) is 14.2 Å². The Hall–Kier alpha value is -3.05. The fourth-order valence-electron chi connectivity index (χ4n) is 3.22. The van der Waals surface area contributed by atoms with E-state index in [9.17, 15) is 24.3 Å². The summed E-state index contributed by atoms with van der Waals surface area (Å²) in [5.41, 5.74) is 2.82. The molecule has 2 heterocycles. The minimum atomic E-state index is -1.23. The van der Waals surface area contributed by atoms with Crippen LogP contribution in [0.1, 0.15) is 44.4 Å². The smallest absolute Gasteiger partial charge is 0.326 e. The van der Waals surface area contributed by atoms with Gasteiger partial charge < -0.3 is 15.7 Å². The van der Waals surface area contributed by atoms with Gasteiger partial charge in [-0.2, -0.15) is 0 Å². The summed E-state index contributed by atoms with van der Waals surface area (Å²) in [4.78, 5) is 57.8. The number of hydrogen-bond acceptors (Lipinski definition) is 7. The van der Waals surface area contributed by atoms with Gasteiger partial charge in [0.05, 0.1) is 11.2 Å². The summed E-state index contributed by atoms with van der Waals surface area (Å²) >= 11 is 7.39. The van der Waals surface area contributed by atoms with Crippen LogP contribution in [0.5, 0.6) is 0 Å². The minimum Gasteiger partial charge on any atom is -0.480 e. The van der Waals surface area contributed by atoms with Crippen LogP contribution in [0.3, 0.4) is 0 Å². The van der Waals surface area contributed by atoms with Crippen LogP contribution >= 0.6 is 23.1 Å². The molecule has 34 heavy (non-hydrogen) atoms. The fourth-order valence-corrected chi connectivity index (χ4v) is 3.97. The van der Waals surface area contributed by atoms with Gasteiger partial charge in [0.2, 0.25) is 17.7 Å². The van der Waals surface area contributed by atoms with E-state index in [1.54, 1.807) is 35.4 Å². The molecule has 0 aliphatic rings. The number of aromatic nitrogens is 2. The molecule has 0 aliphatic heterocycles. The van der Waals surface area contributed by atoms with Crippen LogP contribution in [0, 0.1) is 0 Å². The number of unbranched alkanes of at least 4 members (excludes halogenated alkanes) is 1. The van der Waals surface area contributed by atoms with E-state index in [2.05, 4.69) is 20.6 Å². The average molecular weight is 510 g/mol.